The van der Waals surface area contributed by atoms with Crippen LogP contribution in [-0.2, 0) is 26.2 Å². The maximum Gasteiger partial charge on any atom is 0.244 e. The third-order valence-electron chi connectivity index (χ3n) is 5.21. The molecule has 2 rings (SSSR count). The van der Waals surface area contributed by atoms with Gasteiger partial charge in [-0.3, -0.25) is 13.9 Å². The largest absolute Gasteiger partial charge is 0.495 e. The normalized spacial score (nSPS) is 12.2. The first-order valence-corrected chi connectivity index (χ1v) is 13.6. The van der Waals surface area contributed by atoms with Gasteiger partial charge in [0.25, 0.3) is 0 Å². The Morgan fingerprint density at radius 1 is 1.11 bits per heavy atom. The first kappa shape index (κ1) is 28.7. The lowest BCUT2D eigenvalue weighted by atomic mass is 10.1. The van der Waals surface area contributed by atoms with Crippen LogP contribution in [0.1, 0.15) is 32.8 Å². The minimum atomic E-state index is -3.88. The molecule has 2 aromatic rings. The van der Waals surface area contributed by atoms with E-state index in [1.807, 2.05) is 13.8 Å². The summed E-state index contributed by atoms with van der Waals surface area (Å²) in [5, 5.41) is 3.60. The number of carbonyl (C=O) groups excluding carboxylic acids is 2. The van der Waals surface area contributed by atoms with Gasteiger partial charge in [0, 0.05) is 22.6 Å². The molecule has 0 aliphatic heterocycles. The van der Waals surface area contributed by atoms with E-state index in [0.29, 0.717) is 27.8 Å². The SMILES string of the molecule is CCC(C(=O)NC(C)C)N(Cc1ccc(Cl)cc1Cl)C(=O)CN(c1ccccc1OC)S(C)(=O)=O. The second kappa shape index (κ2) is 12.5. The molecule has 0 aromatic heterocycles. The number of ether oxygens (including phenoxy) is 1. The van der Waals surface area contributed by atoms with Crippen molar-refractivity contribution in [1.82, 2.24) is 10.2 Å². The maximum atomic E-state index is 13.7. The molecule has 2 amide bonds. The van der Waals surface area contributed by atoms with Crippen LogP contribution in [-0.4, -0.2) is 57.1 Å². The van der Waals surface area contributed by atoms with Crippen molar-refractivity contribution in [2.45, 2.75) is 45.8 Å². The molecule has 0 spiro atoms. The average molecular weight is 545 g/mol. The van der Waals surface area contributed by atoms with Crippen LogP contribution in [0.25, 0.3) is 0 Å². The highest BCUT2D eigenvalue weighted by Crippen LogP contribution is 2.30. The molecular weight excluding hydrogens is 513 g/mol. The molecule has 1 atom stereocenters. The first-order chi connectivity index (χ1) is 16.4. The smallest absolute Gasteiger partial charge is 0.244 e. The second-order valence-electron chi connectivity index (χ2n) is 8.29. The number of nitrogens with one attached hydrogen (secondary N) is 1. The lowest BCUT2D eigenvalue weighted by molar-refractivity contribution is -0.140. The zero-order valence-corrected chi connectivity index (χ0v) is 22.7. The van der Waals surface area contributed by atoms with Crippen LogP contribution in [0, 0.1) is 0 Å². The molecule has 1 N–H and O–H groups in total. The number of sulfonamides is 1. The van der Waals surface area contributed by atoms with Crippen LogP contribution >= 0.6 is 23.2 Å². The molecule has 0 aliphatic carbocycles. The molecule has 11 heteroatoms. The number of rotatable bonds is 11. The van der Waals surface area contributed by atoms with Gasteiger partial charge < -0.3 is 15.0 Å². The Balaban J connectivity index is 2.51. The van der Waals surface area contributed by atoms with Crippen molar-refractivity contribution in [2.24, 2.45) is 0 Å². The van der Waals surface area contributed by atoms with Crippen molar-refractivity contribution in [2.75, 3.05) is 24.2 Å². The van der Waals surface area contributed by atoms with Gasteiger partial charge in [0.05, 0.1) is 19.1 Å². The summed E-state index contributed by atoms with van der Waals surface area (Å²) in [7, 11) is -2.46. The summed E-state index contributed by atoms with van der Waals surface area (Å²) >= 11 is 12.4. The van der Waals surface area contributed by atoms with E-state index in [-0.39, 0.29) is 24.2 Å². The number of hydrogen-bond acceptors (Lipinski definition) is 5. The predicted octanol–water partition coefficient (Wildman–Crippen LogP) is 4.10. The third-order valence-corrected chi connectivity index (χ3v) is 6.92. The first-order valence-electron chi connectivity index (χ1n) is 11.0. The molecule has 0 saturated carbocycles. The Morgan fingerprint density at radius 3 is 2.31 bits per heavy atom. The fourth-order valence-corrected chi connectivity index (χ4v) is 4.89. The summed E-state index contributed by atoms with van der Waals surface area (Å²) in [6.07, 6.45) is 1.32. The lowest BCUT2D eigenvalue weighted by Gasteiger charge is -2.33. The van der Waals surface area contributed by atoms with Gasteiger partial charge in [-0.05, 0) is 50.1 Å². The lowest BCUT2D eigenvalue weighted by Crippen LogP contribution is -2.53. The number of benzene rings is 2. The number of hydrogen-bond donors (Lipinski definition) is 1. The number of nitrogens with zero attached hydrogens (tertiary/aromatic N) is 2. The van der Waals surface area contributed by atoms with E-state index in [1.54, 1.807) is 49.4 Å². The zero-order valence-electron chi connectivity index (χ0n) is 20.4. The van der Waals surface area contributed by atoms with Gasteiger partial charge in [0.15, 0.2) is 0 Å². The van der Waals surface area contributed by atoms with Gasteiger partial charge in [0.1, 0.15) is 18.3 Å². The van der Waals surface area contributed by atoms with E-state index in [0.717, 1.165) is 10.6 Å². The van der Waals surface area contributed by atoms with E-state index >= 15 is 0 Å². The van der Waals surface area contributed by atoms with Crippen molar-refractivity contribution in [3.05, 3.63) is 58.1 Å². The summed E-state index contributed by atoms with van der Waals surface area (Å²) in [5.74, 6) is -0.621. The van der Waals surface area contributed by atoms with Crippen molar-refractivity contribution in [1.29, 1.82) is 0 Å². The van der Waals surface area contributed by atoms with Crippen LogP contribution in [0.2, 0.25) is 10.0 Å². The van der Waals surface area contributed by atoms with Gasteiger partial charge in [-0.2, -0.15) is 0 Å². The molecular formula is C24H31Cl2N3O5S. The highest BCUT2D eigenvalue weighted by atomic mass is 35.5. The van der Waals surface area contributed by atoms with E-state index < -0.39 is 28.5 Å². The highest BCUT2D eigenvalue weighted by molar-refractivity contribution is 7.92. The van der Waals surface area contributed by atoms with Crippen LogP contribution in [0.3, 0.4) is 0 Å². The van der Waals surface area contributed by atoms with Crippen LogP contribution in [0.4, 0.5) is 5.69 Å². The maximum absolute atomic E-state index is 13.7. The van der Waals surface area contributed by atoms with Crippen LogP contribution < -0.4 is 14.4 Å². The molecule has 2 aromatic carbocycles. The van der Waals surface area contributed by atoms with Crippen molar-refractivity contribution >= 4 is 50.7 Å². The zero-order chi connectivity index (χ0) is 26.3. The third kappa shape index (κ3) is 7.75. The average Bonchev–Trinajstić information content (AvgIpc) is 2.77. The summed E-state index contributed by atoms with van der Waals surface area (Å²) < 4.78 is 31.7. The van der Waals surface area contributed by atoms with Crippen LogP contribution in [0.15, 0.2) is 42.5 Å². The molecule has 0 fully saturated rings. The number of anilines is 1. The van der Waals surface area contributed by atoms with Gasteiger partial charge in [-0.15, -0.1) is 0 Å². The van der Waals surface area contributed by atoms with E-state index in [4.69, 9.17) is 27.9 Å². The molecule has 0 bridgehead atoms. The number of halogens is 2. The Kier molecular flexibility index (Phi) is 10.2. The quantitative estimate of drug-likeness (QED) is 0.460. The van der Waals surface area contributed by atoms with E-state index in [1.165, 1.54) is 12.0 Å². The standard InChI is InChI=1S/C24H31Cl2N3O5S/c1-6-20(24(31)27-16(2)3)28(14-17-11-12-18(25)13-19(17)26)23(30)15-29(35(5,32)33)21-9-7-8-10-22(21)34-4/h7-13,16,20H,6,14-15H2,1-5H3,(H,27,31). The highest BCUT2D eigenvalue weighted by Gasteiger charge is 2.33. The molecule has 8 nitrogen and oxygen atoms in total. The molecule has 192 valence electrons. The summed E-state index contributed by atoms with van der Waals surface area (Å²) in [6.45, 7) is 4.88. The van der Waals surface area contributed by atoms with Gasteiger partial charge in [-0.1, -0.05) is 48.3 Å². The van der Waals surface area contributed by atoms with Crippen molar-refractivity contribution in [3.8, 4) is 5.75 Å². The number of methoxy groups -OCH3 is 1. The number of carbonyl (C=O) groups is 2. The molecule has 1 unspecified atom stereocenters. The van der Waals surface area contributed by atoms with Gasteiger partial charge in [-0.25, -0.2) is 8.42 Å². The summed E-state index contributed by atoms with van der Waals surface area (Å²) in [5.41, 5.74) is 0.790. The van der Waals surface area contributed by atoms with E-state index in [9.17, 15) is 18.0 Å². The molecule has 0 heterocycles. The topological polar surface area (TPSA) is 96.0 Å². The summed E-state index contributed by atoms with van der Waals surface area (Å²) in [4.78, 5) is 28.0. The fraction of sp³-hybridized carbons (Fsp3) is 0.417. The molecule has 0 saturated heterocycles. The minimum Gasteiger partial charge on any atom is -0.495 e. The molecule has 35 heavy (non-hydrogen) atoms. The van der Waals surface area contributed by atoms with Crippen molar-refractivity contribution in [3.63, 3.8) is 0 Å². The summed E-state index contributed by atoms with van der Waals surface area (Å²) in [6, 6.07) is 10.4. The molecule has 0 radical (unpaired) electrons. The monoisotopic (exact) mass is 543 g/mol. The number of amides is 2. The van der Waals surface area contributed by atoms with E-state index in [2.05, 4.69) is 5.32 Å². The Bertz CT molecular complexity index is 1160. The predicted molar refractivity (Wildman–Crippen MR) is 140 cm³/mol. The number of para-hydroxylation sites is 2. The van der Waals surface area contributed by atoms with Crippen LogP contribution in [0.5, 0.6) is 5.75 Å². The Hall–Kier alpha value is -2.49. The van der Waals surface area contributed by atoms with Crippen molar-refractivity contribution < 1.29 is 22.7 Å². The molecule has 0 aliphatic rings. The Labute approximate surface area is 217 Å². The Morgan fingerprint density at radius 2 is 1.77 bits per heavy atom. The van der Waals surface area contributed by atoms with Gasteiger partial charge in [0.2, 0.25) is 21.8 Å². The minimum absolute atomic E-state index is 0.0115. The van der Waals surface area contributed by atoms with Gasteiger partial charge >= 0.3 is 0 Å². The second-order valence-corrected chi connectivity index (χ2v) is 11.0. The fourth-order valence-electron chi connectivity index (χ4n) is 3.56.